The molecule has 19 heavy (non-hydrogen) atoms. The second-order valence-electron chi connectivity index (χ2n) is 6.49. The van der Waals surface area contributed by atoms with Crippen molar-refractivity contribution in [1.82, 2.24) is 10.6 Å². The molecule has 0 aromatic heterocycles. The zero-order valence-electron chi connectivity index (χ0n) is 11.7. The third-order valence-corrected chi connectivity index (χ3v) is 4.91. The molecule has 2 aliphatic heterocycles. The summed E-state index contributed by atoms with van der Waals surface area (Å²) < 4.78 is 6.08. The number of carbonyl (C=O) groups is 1. The fourth-order valence-corrected chi connectivity index (χ4v) is 3.50. The van der Waals surface area contributed by atoms with Crippen molar-refractivity contribution >= 4 is 5.91 Å². The van der Waals surface area contributed by atoms with Gasteiger partial charge in [0.05, 0.1) is 5.60 Å². The predicted molar refractivity (Wildman–Crippen MR) is 73.9 cm³/mol. The maximum absolute atomic E-state index is 11.6. The van der Waals surface area contributed by atoms with Crippen LogP contribution in [0.1, 0.15) is 44.9 Å². The molecule has 108 valence electrons. The van der Waals surface area contributed by atoms with Crippen molar-refractivity contribution in [2.75, 3.05) is 26.2 Å². The lowest BCUT2D eigenvalue weighted by molar-refractivity contribution is -0.122. The summed E-state index contributed by atoms with van der Waals surface area (Å²) in [4.78, 5) is 11.6. The van der Waals surface area contributed by atoms with Crippen molar-refractivity contribution in [1.29, 1.82) is 0 Å². The van der Waals surface area contributed by atoms with Crippen LogP contribution in [0.3, 0.4) is 0 Å². The number of rotatable bonds is 4. The molecule has 3 fully saturated rings. The van der Waals surface area contributed by atoms with E-state index in [4.69, 9.17) is 4.74 Å². The van der Waals surface area contributed by atoms with Crippen LogP contribution in [-0.2, 0) is 9.53 Å². The SMILES string of the molecule is O=C(NCCC1CCOC2(CCNCC2)C1)C1CC1. The number of carbonyl (C=O) groups excluding carboxylic acids is 1. The van der Waals surface area contributed by atoms with Crippen molar-refractivity contribution in [2.45, 2.75) is 50.5 Å². The van der Waals surface area contributed by atoms with Crippen molar-refractivity contribution < 1.29 is 9.53 Å². The third-order valence-electron chi connectivity index (χ3n) is 4.91. The summed E-state index contributed by atoms with van der Waals surface area (Å²) in [5, 5.41) is 6.50. The van der Waals surface area contributed by atoms with E-state index in [0.29, 0.717) is 5.92 Å². The largest absolute Gasteiger partial charge is 0.375 e. The molecule has 2 heterocycles. The van der Waals surface area contributed by atoms with Crippen molar-refractivity contribution in [3.63, 3.8) is 0 Å². The van der Waals surface area contributed by atoms with Gasteiger partial charge in [0.25, 0.3) is 0 Å². The minimum absolute atomic E-state index is 0.147. The molecule has 1 spiro atoms. The lowest BCUT2D eigenvalue weighted by Gasteiger charge is -2.43. The fourth-order valence-electron chi connectivity index (χ4n) is 3.50. The zero-order valence-corrected chi connectivity index (χ0v) is 11.7. The molecule has 4 heteroatoms. The molecule has 1 atom stereocenters. The van der Waals surface area contributed by atoms with Crippen LogP contribution in [0.4, 0.5) is 0 Å². The van der Waals surface area contributed by atoms with Crippen LogP contribution in [0.25, 0.3) is 0 Å². The normalized spacial score (nSPS) is 30.2. The average Bonchev–Trinajstić information content (AvgIpc) is 3.24. The first-order valence-electron chi connectivity index (χ1n) is 7.90. The molecule has 4 nitrogen and oxygen atoms in total. The van der Waals surface area contributed by atoms with Gasteiger partial charge in [0.15, 0.2) is 0 Å². The minimum Gasteiger partial charge on any atom is -0.375 e. The molecule has 0 aromatic carbocycles. The summed E-state index contributed by atoms with van der Waals surface area (Å²) in [7, 11) is 0. The topological polar surface area (TPSA) is 50.4 Å². The second-order valence-corrected chi connectivity index (χ2v) is 6.49. The van der Waals surface area contributed by atoms with E-state index in [9.17, 15) is 4.79 Å². The molecular weight excluding hydrogens is 240 g/mol. The highest BCUT2D eigenvalue weighted by Crippen LogP contribution is 2.37. The molecule has 0 radical (unpaired) electrons. The molecular formula is C15H26N2O2. The van der Waals surface area contributed by atoms with E-state index in [1.165, 1.54) is 6.42 Å². The van der Waals surface area contributed by atoms with Crippen LogP contribution in [0.5, 0.6) is 0 Å². The van der Waals surface area contributed by atoms with E-state index in [0.717, 1.165) is 70.7 Å². The number of hydrogen-bond donors (Lipinski definition) is 2. The smallest absolute Gasteiger partial charge is 0.223 e. The Morgan fingerprint density at radius 1 is 1.26 bits per heavy atom. The van der Waals surface area contributed by atoms with Crippen LogP contribution in [0, 0.1) is 11.8 Å². The van der Waals surface area contributed by atoms with Crippen LogP contribution in [0.2, 0.25) is 0 Å². The number of hydrogen-bond acceptors (Lipinski definition) is 3. The first kappa shape index (κ1) is 13.4. The van der Waals surface area contributed by atoms with Gasteiger partial charge in [-0.15, -0.1) is 0 Å². The first-order valence-corrected chi connectivity index (χ1v) is 7.90. The van der Waals surface area contributed by atoms with Crippen LogP contribution >= 0.6 is 0 Å². The summed E-state index contributed by atoms with van der Waals surface area (Å²) in [6.07, 6.45) is 7.97. The lowest BCUT2D eigenvalue weighted by atomic mass is 9.79. The summed E-state index contributed by atoms with van der Waals surface area (Å²) in [5.41, 5.74) is 0.147. The minimum atomic E-state index is 0.147. The Hall–Kier alpha value is -0.610. The standard InChI is InChI=1S/C15H26N2O2/c18-14(13-1-2-13)17-7-3-12-4-10-19-15(11-12)5-8-16-9-6-15/h12-13,16H,1-11H2,(H,17,18). The van der Waals surface area contributed by atoms with Gasteiger partial charge in [0, 0.05) is 19.1 Å². The van der Waals surface area contributed by atoms with Crippen molar-refractivity contribution in [2.24, 2.45) is 11.8 Å². The summed E-state index contributed by atoms with van der Waals surface area (Å²) in [6, 6.07) is 0. The molecule has 2 N–H and O–H groups in total. The Morgan fingerprint density at radius 2 is 2.05 bits per heavy atom. The van der Waals surface area contributed by atoms with Gasteiger partial charge < -0.3 is 15.4 Å². The highest BCUT2D eigenvalue weighted by Gasteiger charge is 2.38. The number of piperidine rings is 1. The van der Waals surface area contributed by atoms with Crippen molar-refractivity contribution in [3.8, 4) is 0 Å². The predicted octanol–water partition coefficient (Wildman–Crippen LogP) is 1.45. The Kier molecular flexibility index (Phi) is 4.08. The zero-order chi connectivity index (χ0) is 13.1. The van der Waals surface area contributed by atoms with Crippen LogP contribution in [-0.4, -0.2) is 37.7 Å². The number of nitrogens with one attached hydrogen (secondary N) is 2. The van der Waals surface area contributed by atoms with Gasteiger partial charge in [-0.25, -0.2) is 0 Å². The molecule has 1 aliphatic carbocycles. The highest BCUT2D eigenvalue weighted by molar-refractivity contribution is 5.80. The second kappa shape index (κ2) is 5.80. The van der Waals surface area contributed by atoms with E-state index in [1.807, 2.05) is 0 Å². The van der Waals surface area contributed by atoms with Crippen LogP contribution in [0.15, 0.2) is 0 Å². The van der Waals surface area contributed by atoms with E-state index >= 15 is 0 Å². The molecule has 3 aliphatic rings. The highest BCUT2D eigenvalue weighted by atomic mass is 16.5. The van der Waals surface area contributed by atoms with Crippen LogP contribution < -0.4 is 10.6 Å². The van der Waals surface area contributed by atoms with Gasteiger partial charge in [-0.1, -0.05) is 0 Å². The van der Waals surface area contributed by atoms with E-state index < -0.39 is 0 Å². The Labute approximate surface area is 115 Å². The van der Waals surface area contributed by atoms with Gasteiger partial charge in [-0.2, -0.15) is 0 Å². The first-order chi connectivity index (χ1) is 9.27. The monoisotopic (exact) mass is 266 g/mol. The quantitative estimate of drug-likeness (QED) is 0.810. The Bertz CT molecular complexity index is 317. The maximum atomic E-state index is 11.6. The lowest BCUT2D eigenvalue weighted by Crippen LogP contribution is -2.48. The fraction of sp³-hybridized carbons (Fsp3) is 0.933. The van der Waals surface area contributed by atoms with Gasteiger partial charge in [-0.3, -0.25) is 4.79 Å². The van der Waals surface area contributed by atoms with E-state index in [-0.39, 0.29) is 11.5 Å². The molecule has 0 bridgehead atoms. The van der Waals surface area contributed by atoms with Gasteiger partial charge in [-0.05, 0) is 64.0 Å². The molecule has 1 amide bonds. The third kappa shape index (κ3) is 3.48. The summed E-state index contributed by atoms with van der Waals surface area (Å²) >= 11 is 0. The van der Waals surface area contributed by atoms with Gasteiger partial charge >= 0.3 is 0 Å². The van der Waals surface area contributed by atoms with E-state index in [1.54, 1.807) is 0 Å². The number of amides is 1. The Balaban J connectivity index is 1.41. The Morgan fingerprint density at radius 3 is 2.79 bits per heavy atom. The molecule has 1 unspecified atom stereocenters. The molecule has 0 aromatic rings. The van der Waals surface area contributed by atoms with Crippen molar-refractivity contribution in [3.05, 3.63) is 0 Å². The molecule has 3 rings (SSSR count). The summed E-state index contributed by atoms with van der Waals surface area (Å²) in [6.45, 7) is 3.94. The molecule has 2 saturated heterocycles. The van der Waals surface area contributed by atoms with Gasteiger partial charge in [0.2, 0.25) is 5.91 Å². The average molecular weight is 266 g/mol. The number of ether oxygens (including phenoxy) is 1. The summed E-state index contributed by atoms with van der Waals surface area (Å²) in [5.74, 6) is 1.35. The van der Waals surface area contributed by atoms with Gasteiger partial charge in [0.1, 0.15) is 0 Å². The molecule has 1 saturated carbocycles. The maximum Gasteiger partial charge on any atom is 0.223 e. The van der Waals surface area contributed by atoms with E-state index in [2.05, 4.69) is 10.6 Å².